The van der Waals surface area contributed by atoms with Crippen LogP contribution in [0.4, 0.5) is 5.69 Å². The third-order valence-corrected chi connectivity index (χ3v) is 8.59. The summed E-state index contributed by atoms with van der Waals surface area (Å²) in [5, 5.41) is 3.20. The van der Waals surface area contributed by atoms with E-state index in [9.17, 15) is 18.0 Å². The van der Waals surface area contributed by atoms with Gasteiger partial charge in [0.05, 0.1) is 15.6 Å². The third-order valence-electron chi connectivity index (χ3n) is 6.26. The standard InChI is InChI=1S/C29H33Cl2N3O4S/c1-19(2)32-29(36)22(5)33(17-23-9-7-6-8-21(23)4)28(35)18-34(27-16-24(30)12-15-26(27)31)39(37,38)25-13-10-20(3)11-14-25/h6-16,19,22H,17-18H2,1-5H3,(H,32,36). The number of carbonyl (C=O) groups is 2. The van der Waals surface area contributed by atoms with E-state index in [4.69, 9.17) is 23.2 Å². The molecule has 3 aromatic carbocycles. The van der Waals surface area contributed by atoms with Crippen LogP contribution < -0.4 is 9.62 Å². The van der Waals surface area contributed by atoms with Gasteiger partial charge in [0.1, 0.15) is 12.6 Å². The zero-order valence-corrected chi connectivity index (χ0v) is 24.9. The van der Waals surface area contributed by atoms with Gasteiger partial charge in [0.25, 0.3) is 10.0 Å². The summed E-state index contributed by atoms with van der Waals surface area (Å²) < 4.78 is 28.8. The van der Waals surface area contributed by atoms with Crippen LogP contribution in [0.3, 0.4) is 0 Å². The largest absolute Gasteiger partial charge is 0.352 e. The molecule has 2 amide bonds. The molecule has 39 heavy (non-hydrogen) atoms. The average molecular weight is 591 g/mol. The van der Waals surface area contributed by atoms with Crippen molar-refractivity contribution in [1.29, 1.82) is 0 Å². The SMILES string of the molecule is Cc1ccc(S(=O)(=O)N(CC(=O)N(Cc2ccccc2C)C(C)C(=O)NC(C)C)c2cc(Cl)ccc2Cl)cc1. The summed E-state index contributed by atoms with van der Waals surface area (Å²) in [6.07, 6.45) is 0. The fourth-order valence-corrected chi connectivity index (χ4v) is 5.85. The van der Waals surface area contributed by atoms with Crippen LogP contribution in [0.25, 0.3) is 0 Å². The van der Waals surface area contributed by atoms with Crippen molar-refractivity contribution in [2.75, 3.05) is 10.8 Å². The van der Waals surface area contributed by atoms with Gasteiger partial charge in [-0.25, -0.2) is 8.42 Å². The van der Waals surface area contributed by atoms with E-state index in [0.717, 1.165) is 21.0 Å². The predicted molar refractivity (Wildman–Crippen MR) is 157 cm³/mol. The molecule has 1 N–H and O–H groups in total. The highest BCUT2D eigenvalue weighted by molar-refractivity contribution is 7.92. The van der Waals surface area contributed by atoms with E-state index in [1.165, 1.54) is 35.2 Å². The summed E-state index contributed by atoms with van der Waals surface area (Å²) >= 11 is 12.7. The maximum Gasteiger partial charge on any atom is 0.264 e. The van der Waals surface area contributed by atoms with Gasteiger partial charge in [-0.05, 0) is 76.1 Å². The van der Waals surface area contributed by atoms with Crippen molar-refractivity contribution in [3.05, 3.63) is 93.5 Å². The van der Waals surface area contributed by atoms with Crippen LogP contribution in [0.5, 0.6) is 0 Å². The lowest BCUT2D eigenvalue weighted by atomic mass is 10.1. The predicted octanol–water partition coefficient (Wildman–Crippen LogP) is 5.75. The van der Waals surface area contributed by atoms with Gasteiger partial charge in [-0.2, -0.15) is 0 Å². The smallest absolute Gasteiger partial charge is 0.264 e. The molecule has 3 aromatic rings. The molecule has 0 aliphatic carbocycles. The molecule has 1 unspecified atom stereocenters. The van der Waals surface area contributed by atoms with Gasteiger partial charge in [-0.15, -0.1) is 0 Å². The van der Waals surface area contributed by atoms with Crippen molar-refractivity contribution < 1.29 is 18.0 Å². The average Bonchev–Trinajstić information content (AvgIpc) is 2.87. The van der Waals surface area contributed by atoms with Gasteiger partial charge in [0.2, 0.25) is 11.8 Å². The van der Waals surface area contributed by atoms with Gasteiger partial charge < -0.3 is 10.2 Å². The molecule has 0 aliphatic rings. The Morgan fingerprint density at radius 3 is 2.18 bits per heavy atom. The van der Waals surface area contributed by atoms with Crippen molar-refractivity contribution in [2.24, 2.45) is 0 Å². The molecule has 208 valence electrons. The van der Waals surface area contributed by atoms with Crippen molar-refractivity contribution in [3.63, 3.8) is 0 Å². The maximum atomic E-state index is 14.0. The molecule has 0 aliphatic heterocycles. The molecule has 0 saturated carbocycles. The van der Waals surface area contributed by atoms with Gasteiger partial charge in [0.15, 0.2) is 0 Å². The fraction of sp³-hybridized carbons (Fsp3) is 0.310. The number of carbonyl (C=O) groups excluding carboxylic acids is 2. The second-order valence-electron chi connectivity index (χ2n) is 9.71. The van der Waals surface area contributed by atoms with Crippen LogP contribution >= 0.6 is 23.2 Å². The molecule has 0 fully saturated rings. The van der Waals surface area contributed by atoms with Crippen molar-refractivity contribution >= 4 is 50.7 Å². The Labute approximate surface area is 240 Å². The minimum Gasteiger partial charge on any atom is -0.352 e. The first-order valence-corrected chi connectivity index (χ1v) is 14.7. The Hall–Kier alpha value is -3.07. The summed E-state index contributed by atoms with van der Waals surface area (Å²) in [5.74, 6) is -0.919. The molecule has 0 saturated heterocycles. The van der Waals surface area contributed by atoms with E-state index in [-0.39, 0.29) is 39.1 Å². The van der Waals surface area contributed by atoms with E-state index in [1.54, 1.807) is 19.1 Å². The van der Waals surface area contributed by atoms with Crippen molar-refractivity contribution in [3.8, 4) is 0 Å². The van der Waals surface area contributed by atoms with Crippen LogP contribution in [-0.2, 0) is 26.2 Å². The Kier molecular flexibility index (Phi) is 10.0. The van der Waals surface area contributed by atoms with E-state index >= 15 is 0 Å². The second-order valence-corrected chi connectivity index (χ2v) is 12.4. The summed E-state index contributed by atoms with van der Waals surface area (Å²) in [6, 6.07) is 17.2. The number of anilines is 1. The molecule has 1 atom stereocenters. The summed E-state index contributed by atoms with van der Waals surface area (Å²) in [6.45, 7) is 8.56. The summed E-state index contributed by atoms with van der Waals surface area (Å²) in [4.78, 5) is 28.3. The number of nitrogens with one attached hydrogen (secondary N) is 1. The number of hydrogen-bond donors (Lipinski definition) is 1. The van der Waals surface area contributed by atoms with Crippen LogP contribution in [0, 0.1) is 13.8 Å². The Morgan fingerprint density at radius 1 is 0.923 bits per heavy atom. The molecular formula is C29H33Cl2N3O4S. The Morgan fingerprint density at radius 2 is 1.56 bits per heavy atom. The Bertz CT molecular complexity index is 1440. The molecule has 10 heteroatoms. The fourth-order valence-electron chi connectivity index (χ4n) is 3.99. The van der Waals surface area contributed by atoms with Crippen LogP contribution in [0.1, 0.15) is 37.5 Å². The van der Waals surface area contributed by atoms with Crippen LogP contribution in [-0.4, -0.2) is 43.8 Å². The number of rotatable bonds is 10. The highest BCUT2D eigenvalue weighted by Gasteiger charge is 2.33. The lowest BCUT2D eigenvalue weighted by Crippen LogP contribution is -2.52. The molecule has 0 spiro atoms. The lowest BCUT2D eigenvalue weighted by Gasteiger charge is -2.33. The van der Waals surface area contributed by atoms with E-state index in [2.05, 4.69) is 5.32 Å². The lowest BCUT2D eigenvalue weighted by molar-refractivity contribution is -0.139. The number of amides is 2. The molecule has 7 nitrogen and oxygen atoms in total. The van der Waals surface area contributed by atoms with Gasteiger partial charge in [-0.3, -0.25) is 13.9 Å². The van der Waals surface area contributed by atoms with Crippen molar-refractivity contribution in [1.82, 2.24) is 10.2 Å². The molecule has 0 heterocycles. The van der Waals surface area contributed by atoms with Crippen LogP contribution in [0.2, 0.25) is 10.0 Å². The first-order valence-electron chi connectivity index (χ1n) is 12.5. The minimum atomic E-state index is -4.24. The summed E-state index contributed by atoms with van der Waals surface area (Å²) in [7, 11) is -4.24. The topological polar surface area (TPSA) is 86.8 Å². The number of nitrogens with zero attached hydrogens (tertiary/aromatic N) is 2. The second kappa shape index (κ2) is 12.9. The number of hydrogen-bond acceptors (Lipinski definition) is 4. The quantitative estimate of drug-likeness (QED) is 0.326. The van der Waals surface area contributed by atoms with E-state index in [0.29, 0.717) is 0 Å². The normalized spacial score (nSPS) is 12.2. The molecule has 3 rings (SSSR count). The first-order chi connectivity index (χ1) is 18.3. The van der Waals surface area contributed by atoms with E-state index < -0.39 is 28.5 Å². The van der Waals surface area contributed by atoms with Gasteiger partial charge >= 0.3 is 0 Å². The molecule has 0 aromatic heterocycles. The zero-order valence-electron chi connectivity index (χ0n) is 22.6. The molecule has 0 radical (unpaired) electrons. The highest BCUT2D eigenvalue weighted by atomic mass is 35.5. The van der Waals surface area contributed by atoms with Gasteiger partial charge in [0, 0.05) is 17.6 Å². The zero-order chi connectivity index (χ0) is 28.9. The van der Waals surface area contributed by atoms with Gasteiger partial charge in [-0.1, -0.05) is 65.2 Å². The van der Waals surface area contributed by atoms with Crippen molar-refractivity contribution in [2.45, 2.75) is 58.1 Å². The minimum absolute atomic E-state index is 0.00649. The molecule has 0 bridgehead atoms. The number of halogens is 2. The number of sulfonamides is 1. The Balaban J connectivity index is 2.09. The summed E-state index contributed by atoms with van der Waals surface area (Å²) in [5.41, 5.74) is 2.72. The van der Waals surface area contributed by atoms with E-state index in [1.807, 2.05) is 52.0 Å². The highest BCUT2D eigenvalue weighted by Crippen LogP contribution is 2.33. The number of benzene rings is 3. The monoisotopic (exact) mass is 589 g/mol. The van der Waals surface area contributed by atoms with Crippen LogP contribution in [0.15, 0.2) is 71.6 Å². The first kappa shape index (κ1) is 30.5. The molecular weight excluding hydrogens is 557 g/mol. The maximum absolute atomic E-state index is 14.0. The third kappa shape index (κ3) is 7.53. The number of aryl methyl sites for hydroxylation is 2.